The first-order valence-electron chi connectivity index (χ1n) is 10.5. The van der Waals surface area contributed by atoms with Crippen molar-refractivity contribution >= 4 is 11.9 Å². The molecule has 0 heterocycles. The quantitative estimate of drug-likeness (QED) is 0.386. The number of nitrogens with one attached hydrogen (secondary N) is 1. The zero-order chi connectivity index (χ0) is 21.3. The molecule has 6 heteroatoms. The first-order chi connectivity index (χ1) is 14.5. The number of carbonyl (C=O) groups excluding carboxylic acids is 2. The van der Waals surface area contributed by atoms with Crippen LogP contribution in [0, 0.1) is 11.3 Å². The summed E-state index contributed by atoms with van der Waals surface area (Å²) in [6, 6.07) is 13.7. The second-order valence-corrected chi connectivity index (χ2v) is 8.32. The molecule has 4 rings (SSSR count). The van der Waals surface area contributed by atoms with Crippen molar-refractivity contribution < 1.29 is 24.6 Å². The number of hydrogen-bond acceptors (Lipinski definition) is 5. The Balaban J connectivity index is 1.65. The molecule has 3 N–H and O–H groups in total. The highest BCUT2D eigenvalue weighted by molar-refractivity contribution is 5.93. The topological polar surface area (TPSA) is 95.9 Å². The van der Waals surface area contributed by atoms with E-state index in [9.17, 15) is 14.7 Å². The van der Waals surface area contributed by atoms with E-state index in [1.807, 2.05) is 18.2 Å². The van der Waals surface area contributed by atoms with Crippen molar-refractivity contribution in [3.63, 3.8) is 0 Å². The highest BCUT2D eigenvalue weighted by atomic mass is 16.5. The van der Waals surface area contributed by atoms with Crippen LogP contribution in [0.15, 0.2) is 42.5 Å². The molecule has 1 unspecified atom stereocenters. The minimum Gasteiger partial charge on any atom is -0.508 e. The summed E-state index contributed by atoms with van der Waals surface area (Å²) in [6.45, 7) is 1.96. The maximum Gasteiger partial charge on any atom is 0.313 e. The molecule has 2 aromatic carbocycles. The number of ether oxygens (including phenoxy) is 1. The monoisotopic (exact) mass is 409 g/mol. The molecule has 6 nitrogen and oxygen atoms in total. The molecular weight excluding hydrogens is 382 g/mol. The van der Waals surface area contributed by atoms with E-state index in [1.165, 1.54) is 11.1 Å². The van der Waals surface area contributed by atoms with Gasteiger partial charge in [0.2, 0.25) is 5.91 Å². The number of aryl methyl sites for hydroxylation is 1. The van der Waals surface area contributed by atoms with Gasteiger partial charge in [0, 0.05) is 11.5 Å². The summed E-state index contributed by atoms with van der Waals surface area (Å²) in [4.78, 5) is 24.6. The molecule has 2 aromatic rings. The average Bonchev–Trinajstić information content (AvgIpc) is 3.50. The highest BCUT2D eigenvalue weighted by Gasteiger charge is 2.64. The van der Waals surface area contributed by atoms with E-state index >= 15 is 0 Å². The van der Waals surface area contributed by atoms with Gasteiger partial charge in [-0.2, -0.15) is 0 Å². The van der Waals surface area contributed by atoms with Crippen LogP contribution in [0.3, 0.4) is 0 Å². The molecule has 0 aliphatic heterocycles. The van der Waals surface area contributed by atoms with Crippen LogP contribution in [0.25, 0.3) is 0 Å². The van der Waals surface area contributed by atoms with E-state index < -0.39 is 23.2 Å². The predicted molar refractivity (Wildman–Crippen MR) is 110 cm³/mol. The van der Waals surface area contributed by atoms with Gasteiger partial charge in [-0.25, -0.2) is 5.48 Å². The van der Waals surface area contributed by atoms with Crippen molar-refractivity contribution in [3.05, 3.63) is 64.7 Å². The second kappa shape index (κ2) is 8.11. The Morgan fingerprint density at radius 3 is 2.77 bits per heavy atom. The first kappa shape index (κ1) is 20.4. The zero-order valence-electron chi connectivity index (χ0n) is 17.1. The van der Waals surface area contributed by atoms with E-state index in [1.54, 1.807) is 24.5 Å². The van der Waals surface area contributed by atoms with Gasteiger partial charge < -0.3 is 9.84 Å². The average molecular weight is 409 g/mol. The van der Waals surface area contributed by atoms with Crippen LogP contribution in [0.1, 0.15) is 54.4 Å². The number of hydrogen-bond donors (Lipinski definition) is 3. The summed E-state index contributed by atoms with van der Waals surface area (Å²) >= 11 is 0. The Hall–Kier alpha value is -2.86. The van der Waals surface area contributed by atoms with Gasteiger partial charge in [-0.15, -0.1) is 0 Å². The molecule has 0 bridgehead atoms. The van der Waals surface area contributed by atoms with Crippen LogP contribution >= 0.6 is 0 Å². The van der Waals surface area contributed by atoms with Gasteiger partial charge in [0.1, 0.15) is 5.75 Å². The molecule has 0 spiro atoms. The SMILES string of the molecule is CCOC(=O)[C@@]1(Cc2ccc(O)c(C3CCCc4ccccc43)c2)C[C@@H]1C(=O)NO. The standard InChI is InChI=1S/C24H27NO5/c1-2-30-23(28)24(14-20(24)22(27)25-29)13-15-10-11-21(26)19(12-15)18-9-5-7-16-6-3-4-8-17(16)18/h3-4,6,8,10-12,18,20,26,29H,2,5,7,9,13-14H2,1H3,(H,25,27)/t18?,20-,24+/m1/s1. The van der Waals surface area contributed by atoms with Gasteiger partial charge in [0.05, 0.1) is 17.9 Å². The number of esters is 1. The maximum atomic E-state index is 12.6. The minimum absolute atomic E-state index is 0.101. The van der Waals surface area contributed by atoms with Crippen molar-refractivity contribution in [1.29, 1.82) is 0 Å². The summed E-state index contributed by atoms with van der Waals surface area (Å²) in [7, 11) is 0. The second-order valence-electron chi connectivity index (χ2n) is 8.32. The van der Waals surface area contributed by atoms with E-state index in [4.69, 9.17) is 9.94 Å². The predicted octanol–water partition coefficient (Wildman–Crippen LogP) is 3.48. The third kappa shape index (κ3) is 3.56. The fourth-order valence-corrected chi connectivity index (χ4v) is 4.93. The molecule has 2 aliphatic carbocycles. The van der Waals surface area contributed by atoms with E-state index in [-0.39, 0.29) is 18.3 Å². The van der Waals surface area contributed by atoms with Crippen LogP contribution in [0.2, 0.25) is 0 Å². The molecule has 0 aromatic heterocycles. The largest absolute Gasteiger partial charge is 0.508 e. The molecule has 3 atom stereocenters. The Morgan fingerprint density at radius 2 is 2.00 bits per heavy atom. The van der Waals surface area contributed by atoms with E-state index in [2.05, 4.69) is 12.1 Å². The lowest BCUT2D eigenvalue weighted by Crippen LogP contribution is -2.30. The van der Waals surface area contributed by atoms with Gasteiger partial charge in [-0.05, 0) is 61.8 Å². The smallest absolute Gasteiger partial charge is 0.313 e. The zero-order valence-corrected chi connectivity index (χ0v) is 17.1. The Kier molecular flexibility index (Phi) is 5.52. The van der Waals surface area contributed by atoms with Gasteiger partial charge >= 0.3 is 5.97 Å². The minimum atomic E-state index is -0.971. The lowest BCUT2D eigenvalue weighted by Gasteiger charge is -2.27. The third-order valence-electron chi connectivity index (χ3n) is 6.54. The molecule has 158 valence electrons. The number of phenolic OH excluding ortho intramolecular Hbond substituents is 1. The van der Waals surface area contributed by atoms with E-state index in [0.29, 0.717) is 12.8 Å². The molecule has 0 saturated heterocycles. The van der Waals surface area contributed by atoms with Gasteiger partial charge in [0.15, 0.2) is 0 Å². The fraction of sp³-hybridized carbons (Fsp3) is 0.417. The summed E-state index contributed by atoms with van der Waals surface area (Å²) in [6.07, 6.45) is 3.70. The number of carbonyl (C=O) groups is 2. The van der Waals surface area contributed by atoms with Gasteiger partial charge in [-0.1, -0.05) is 36.4 Å². The van der Waals surface area contributed by atoms with Crippen LogP contribution in [-0.4, -0.2) is 28.8 Å². The van der Waals surface area contributed by atoms with Crippen molar-refractivity contribution in [2.75, 3.05) is 6.61 Å². The normalized spacial score (nSPS) is 24.6. The summed E-state index contributed by atoms with van der Waals surface area (Å²) < 4.78 is 5.23. The van der Waals surface area contributed by atoms with Crippen LogP contribution in [0.4, 0.5) is 0 Å². The van der Waals surface area contributed by atoms with Crippen LogP contribution in [-0.2, 0) is 27.2 Å². The lowest BCUT2D eigenvalue weighted by atomic mass is 9.78. The van der Waals surface area contributed by atoms with Gasteiger partial charge in [-0.3, -0.25) is 14.8 Å². The third-order valence-corrected chi connectivity index (χ3v) is 6.54. The van der Waals surface area contributed by atoms with Crippen LogP contribution < -0.4 is 5.48 Å². The van der Waals surface area contributed by atoms with Crippen molar-refractivity contribution in [1.82, 2.24) is 5.48 Å². The molecule has 2 aliphatic rings. The Bertz CT molecular complexity index is 972. The van der Waals surface area contributed by atoms with Crippen molar-refractivity contribution in [3.8, 4) is 5.75 Å². The Labute approximate surface area is 175 Å². The molecule has 30 heavy (non-hydrogen) atoms. The number of hydroxylamine groups is 1. The fourth-order valence-electron chi connectivity index (χ4n) is 4.93. The number of amides is 1. The van der Waals surface area contributed by atoms with E-state index in [0.717, 1.165) is 30.4 Å². The molecule has 1 amide bonds. The van der Waals surface area contributed by atoms with Crippen molar-refractivity contribution in [2.45, 2.75) is 44.9 Å². The molecular formula is C24H27NO5. The van der Waals surface area contributed by atoms with Crippen molar-refractivity contribution in [2.24, 2.45) is 11.3 Å². The summed E-state index contributed by atoms with van der Waals surface area (Å²) in [5, 5.41) is 19.6. The number of aromatic hydroxyl groups is 1. The summed E-state index contributed by atoms with van der Waals surface area (Å²) in [5.41, 5.74) is 4.95. The van der Waals surface area contributed by atoms with Gasteiger partial charge in [0.25, 0.3) is 0 Å². The molecule has 1 saturated carbocycles. The Morgan fingerprint density at radius 1 is 1.20 bits per heavy atom. The number of benzene rings is 2. The maximum absolute atomic E-state index is 12.6. The number of phenols is 1. The number of fused-ring (bicyclic) bond motifs is 1. The molecule has 1 fully saturated rings. The highest BCUT2D eigenvalue weighted by Crippen LogP contribution is 2.56. The summed E-state index contributed by atoms with van der Waals surface area (Å²) in [5.74, 6) is -1.26. The van der Waals surface area contributed by atoms with Crippen LogP contribution in [0.5, 0.6) is 5.75 Å². The first-order valence-corrected chi connectivity index (χ1v) is 10.5. The molecule has 0 radical (unpaired) electrons. The lowest BCUT2D eigenvalue weighted by molar-refractivity contribution is -0.152. The number of rotatable bonds is 6.